The number of aromatic nitrogens is 1. The summed E-state index contributed by atoms with van der Waals surface area (Å²) in [4.78, 5) is 13.5. The van der Waals surface area contributed by atoms with Gasteiger partial charge in [0.1, 0.15) is 17.4 Å². The summed E-state index contributed by atoms with van der Waals surface area (Å²) in [5.41, 5.74) is 1.26. The topological polar surface area (TPSA) is 70.3 Å². The minimum atomic E-state index is -0.474. The predicted molar refractivity (Wildman–Crippen MR) is 89.9 cm³/mol. The quantitative estimate of drug-likeness (QED) is 0.874. The summed E-state index contributed by atoms with van der Waals surface area (Å²) >= 11 is 0. The molecular formula is C17H28N4O2. The standard InChI is InChI=1S/C17H28N4O2/c1-13(11-21(6)16(22)23-17(2,3)4)9-19-10-14-7-15(8-18)20(5)12-14/h7,12-13,19H,9-11H2,1-6H3. The van der Waals surface area contributed by atoms with Gasteiger partial charge in [-0.05, 0) is 44.9 Å². The third-order valence-electron chi connectivity index (χ3n) is 3.29. The molecule has 0 aromatic carbocycles. The Morgan fingerprint density at radius 2 is 2.17 bits per heavy atom. The highest BCUT2D eigenvalue weighted by Gasteiger charge is 2.20. The Kier molecular flexibility index (Phi) is 6.64. The van der Waals surface area contributed by atoms with E-state index in [9.17, 15) is 4.79 Å². The molecule has 0 fully saturated rings. The number of aryl methyl sites for hydroxylation is 1. The van der Waals surface area contributed by atoms with Gasteiger partial charge in [-0.2, -0.15) is 5.26 Å². The van der Waals surface area contributed by atoms with Crippen molar-refractivity contribution >= 4 is 6.09 Å². The lowest BCUT2D eigenvalue weighted by atomic mass is 10.1. The summed E-state index contributed by atoms with van der Waals surface area (Å²) in [5.74, 6) is 0.298. The highest BCUT2D eigenvalue weighted by molar-refractivity contribution is 5.67. The number of carbonyl (C=O) groups excluding carboxylic acids is 1. The summed E-state index contributed by atoms with van der Waals surface area (Å²) in [5, 5.41) is 12.3. The van der Waals surface area contributed by atoms with Crippen molar-refractivity contribution in [2.45, 2.75) is 39.8 Å². The van der Waals surface area contributed by atoms with Crippen LogP contribution >= 0.6 is 0 Å². The molecule has 1 aromatic rings. The second-order valence-electron chi connectivity index (χ2n) is 7.05. The van der Waals surface area contributed by atoms with Crippen molar-refractivity contribution in [1.82, 2.24) is 14.8 Å². The van der Waals surface area contributed by atoms with Crippen LogP contribution in [0.25, 0.3) is 0 Å². The Labute approximate surface area is 139 Å². The van der Waals surface area contributed by atoms with Crippen molar-refractivity contribution in [2.75, 3.05) is 20.1 Å². The zero-order valence-corrected chi connectivity index (χ0v) is 15.0. The van der Waals surface area contributed by atoms with Crippen molar-refractivity contribution in [2.24, 2.45) is 13.0 Å². The van der Waals surface area contributed by atoms with Crippen LogP contribution in [0, 0.1) is 17.2 Å². The molecule has 0 bridgehead atoms. The average Bonchev–Trinajstić information content (AvgIpc) is 2.77. The maximum Gasteiger partial charge on any atom is 0.410 e. The van der Waals surface area contributed by atoms with Gasteiger partial charge in [-0.1, -0.05) is 6.92 Å². The van der Waals surface area contributed by atoms with Gasteiger partial charge in [0.05, 0.1) is 0 Å². The highest BCUT2D eigenvalue weighted by atomic mass is 16.6. The molecule has 0 radical (unpaired) electrons. The van der Waals surface area contributed by atoms with Gasteiger partial charge in [0.25, 0.3) is 0 Å². The Morgan fingerprint density at radius 3 is 2.70 bits per heavy atom. The van der Waals surface area contributed by atoms with Crippen molar-refractivity contribution < 1.29 is 9.53 Å². The maximum absolute atomic E-state index is 11.9. The monoisotopic (exact) mass is 320 g/mol. The Morgan fingerprint density at radius 1 is 1.52 bits per heavy atom. The molecule has 128 valence electrons. The number of carbonyl (C=O) groups is 1. The van der Waals surface area contributed by atoms with Crippen LogP contribution in [-0.2, 0) is 18.3 Å². The van der Waals surface area contributed by atoms with Crippen LogP contribution < -0.4 is 5.32 Å². The fourth-order valence-corrected chi connectivity index (χ4v) is 2.25. The maximum atomic E-state index is 11.9. The summed E-state index contributed by atoms with van der Waals surface area (Å²) in [6, 6.07) is 4.03. The molecule has 1 heterocycles. The molecule has 0 aliphatic heterocycles. The lowest BCUT2D eigenvalue weighted by Crippen LogP contribution is -2.38. The van der Waals surface area contributed by atoms with E-state index < -0.39 is 5.60 Å². The van der Waals surface area contributed by atoms with E-state index >= 15 is 0 Å². The van der Waals surface area contributed by atoms with Crippen molar-refractivity contribution in [1.29, 1.82) is 5.26 Å². The van der Waals surface area contributed by atoms with Gasteiger partial charge in [0.15, 0.2) is 0 Å². The molecule has 1 atom stereocenters. The SMILES string of the molecule is CC(CNCc1cc(C#N)n(C)c1)CN(C)C(=O)OC(C)(C)C. The zero-order chi connectivity index (χ0) is 17.6. The van der Waals surface area contributed by atoms with E-state index in [-0.39, 0.29) is 6.09 Å². The number of amides is 1. The summed E-state index contributed by atoms with van der Waals surface area (Å²) < 4.78 is 7.15. The number of hydrogen-bond donors (Lipinski definition) is 1. The fourth-order valence-electron chi connectivity index (χ4n) is 2.25. The number of hydrogen-bond acceptors (Lipinski definition) is 4. The largest absolute Gasteiger partial charge is 0.444 e. The Bertz CT molecular complexity index is 566. The van der Waals surface area contributed by atoms with Crippen molar-refractivity contribution in [3.05, 3.63) is 23.5 Å². The van der Waals surface area contributed by atoms with Crippen molar-refractivity contribution in [3.63, 3.8) is 0 Å². The number of rotatable bonds is 6. The van der Waals surface area contributed by atoms with Crippen molar-refractivity contribution in [3.8, 4) is 6.07 Å². The average molecular weight is 320 g/mol. The van der Waals surface area contributed by atoms with E-state index in [1.807, 2.05) is 44.6 Å². The molecule has 23 heavy (non-hydrogen) atoms. The number of nitriles is 1. The first-order chi connectivity index (χ1) is 10.6. The minimum absolute atomic E-state index is 0.298. The summed E-state index contributed by atoms with van der Waals surface area (Å²) in [6.07, 6.45) is 1.65. The Balaban J connectivity index is 2.35. The van der Waals surface area contributed by atoms with Gasteiger partial charge in [0, 0.05) is 33.4 Å². The Hall–Kier alpha value is -2.00. The smallest absolute Gasteiger partial charge is 0.410 e. The highest BCUT2D eigenvalue weighted by Crippen LogP contribution is 2.10. The first-order valence-corrected chi connectivity index (χ1v) is 7.82. The molecule has 1 N–H and O–H groups in total. The van der Waals surface area contributed by atoms with Crippen LogP contribution in [-0.4, -0.2) is 41.3 Å². The fraction of sp³-hybridized carbons (Fsp3) is 0.647. The van der Waals surface area contributed by atoms with E-state index in [4.69, 9.17) is 10.00 Å². The van der Waals surface area contributed by atoms with Gasteiger partial charge >= 0.3 is 6.09 Å². The molecule has 0 saturated carbocycles. The number of ether oxygens (including phenoxy) is 1. The molecule has 1 rings (SSSR count). The van der Waals surface area contributed by atoms with E-state index in [0.29, 0.717) is 24.7 Å². The van der Waals surface area contributed by atoms with E-state index in [2.05, 4.69) is 18.3 Å². The van der Waals surface area contributed by atoms with Crippen LogP contribution in [0.5, 0.6) is 0 Å². The van der Waals surface area contributed by atoms with Crippen LogP contribution in [0.3, 0.4) is 0 Å². The van der Waals surface area contributed by atoms with Crippen LogP contribution in [0.15, 0.2) is 12.3 Å². The van der Waals surface area contributed by atoms with Crippen LogP contribution in [0.1, 0.15) is 39.0 Å². The number of nitrogens with one attached hydrogen (secondary N) is 1. The van der Waals surface area contributed by atoms with Gasteiger partial charge < -0.3 is 19.5 Å². The first kappa shape index (κ1) is 19.0. The molecule has 6 heteroatoms. The lowest BCUT2D eigenvalue weighted by Gasteiger charge is -2.26. The van der Waals surface area contributed by atoms with Crippen LogP contribution in [0.2, 0.25) is 0 Å². The summed E-state index contributed by atoms with van der Waals surface area (Å²) in [6.45, 7) is 9.77. The first-order valence-electron chi connectivity index (χ1n) is 7.82. The molecule has 0 saturated heterocycles. The van der Waals surface area contributed by atoms with E-state index in [1.54, 1.807) is 11.9 Å². The molecule has 0 aliphatic rings. The number of nitrogens with zero attached hydrogens (tertiary/aromatic N) is 3. The van der Waals surface area contributed by atoms with E-state index in [0.717, 1.165) is 12.1 Å². The van der Waals surface area contributed by atoms with Gasteiger partial charge in [-0.3, -0.25) is 0 Å². The van der Waals surface area contributed by atoms with Gasteiger partial charge in [-0.25, -0.2) is 4.79 Å². The van der Waals surface area contributed by atoms with E-state index in [1.165, 1.54) is 0 Å². The second kappa shape index (κ2) is 8.02. The minimum Gasteiger partial charge on any atom is -0.444 e. The molecular weight excluding hydrogens is 292 g/mol. The third-order valence-corrected chi connectivity index (χ3v) is 3.29. The molecule has 1 unspecified atom stereocenters. The third kappa shape index (κ3) is 6.74. The molecule has 1 amide bonds. The lowest BCUT2D eigenvalue weighted by molar-refractivity contribution is 0.0277. The van der Waals surface area contributed by atoms with Crippen LogP contribution in [0.4, 0.5) is 4.79 Å². The zero-order valence-electron chi connectivity index (χ0n) is 15.0. The van der Waals surface area contributed by atoms with Gasteiger partial charge in [0.2, 0.25) is 0 Å². The predicted octanol–water partition coefficient (Wildman–Crippen LogP) is 2.49. The normalized spacial score (nSPS) is 12.6. The van der Waals surface area contributed by atoms with Gasteiger partial charge in [-0.15, -0.1) is 0 Å². The summed E-state index contributed by atoms with van der Waals surface area (Å²) in [7, 11) is 3.61. The molecule has 6 nitrogen and oxygen atoms in total. The molecule has 0 spiro atoms. The second-order valence-corrected chi connectivity index (χ2v) is 7.05. The molecule has 1 aromatic heterocycles. The molecule has 0 aliphatic carbocycles.